The monoisotopic (exact) mass is 381 g/mol. The van der Waals surface area contributed by atoms with Gasteiger partial charge in [0.15, 0.2) is 0 Å². The first-order valence-electron chi connectivity index (χ1n) is 8.86. The Morgan fingerprint density at radius 1 is 1.32 bits per heavy atom. The second-order valence-electron chi connectivity index (χ2n) is 7.35. The average molecular weight is 381 g/mol. The van der Waals surface area contributed by atoms with Crippen molar-refractivity contribution in [3.05, 3.63) is 48.2 Å². The Kier molecular flexibility index (Phi) is 5.30. The van der Waals surface area contributed by atoms with E-state index in [1.54, 1.807) is 33.0 Å². The number of carbonyl (C=O) groups excluding carboxylic acids is 1. The molecule has 28 heavy (non-hydrogen) atoms. The molecular weight excluding hydrogens is 358 g/mol. The molecule has 3 rings (SSSR count). The van der Waals surface area contributed by atoms with E-state index in [0.29, 0.717) is 23.7 Å². The van der Waals surface area contributed by atoms with Gasteiger partial charge in [0.05, 0.1) is 24.3 Å². The zero-order valence-electron chi connectivity index (χ0n) is 16.0. The molecule has 0 radical (unpaired) electrons. The van der Waals surface area contributed by atoms with Crippen LogP contribution in [-0.4, -0.2) is 34.9 Å². The molecule has 1 aromatic carbocycles. The van der Waals surface area contributed by atoms with Crippen LogP contribution in [0, 0.1) is 10.8 Å². The van der Waals surface area contributed by atoms with E-state index < -0.39 is 17.7 Å². The fourth-order valence-corrected chi connectivity index (χ4v) is 2.84. The number of nitrogens with zero attached hydrogens (tertiary/aromatic N) is 2. The largest absolute Gasteiger partial charge is 0.444 e. The molecule has 0 spiro atoms. The highest BCUT2D eigenvalue weighted by atomic mass is 16.6. The number of aromatic nitrogens is 1. The zero-order chi connectivity index (χ0) is 20.3. The first kappa shape index (κ1) is 19.3. The van der Waals surface area contributed by atoms with Gasteiger partial charge in [0, 0.05) is 12.5 Å². The lowest BCUT2D eigenvalue weighted by atomic mass is 9.98. The molecule has 2 aromatic rings. The Hall–Kier alpha value is -3.42. The molecule has 2 heterocycles. The Bertz CT molecular complexity index is 892. The minimum absolute atomic E-state index is 0.0758. The summed E-state index contributed by atoms with van der Waals surface area (Å²) in [5.74, 6) is 1.14. The number of hydrogen-bond donors (Lipinski definition) is 3. The molecule has 1 unspecified atom stereocenters. The number of fused-ring (bicyclic) bond motifs is 1. The number of ether oxygens (including phenoxy) is 2. The van der Waals surface area contributed by atoms with E-state index in [1.807, 2.05) is 30.3 Å². The van der Waals surface area contributed by atoms with Crippen LogP contribution in [0.4, 0.5) is 10.5 Å². The van der Waals surface area contributed by atoms with Gasteiger partial charge in [-0.15, -0.1) is 0 Å². The highest BCUT2D eigenvalue weighted by Crippen LogP contribution is 2.30. The molecule has 0 aliphatic carbocycles. The number of benzene rings is 1. The van der Waals surface area contributed by atoms with Crippen molar-refractivity contribution in [1.29, 1.82) is 10.8 Å². The van der Waals surface area contributed by atoms with Crippen molar-refractivity contribution in [2.45, 2.75) is 38.8 Å². The number of alkyl carbamates (subject to hydrolysis) is 1. The molecule has 0 fully saturated rings. The van der Waals surface area contributed by atoms with Crippen molar-refractivity contribution in [1.82, 2.24) is 10.3 Å². The number of carbonyl (C=O) groups is 1. The zero-order valence-corrected chi connectivity index (χ0v) is 16.0. The van der Waals surface area contributed by atoms with Gasteiger partial charge >= 0.3 is 6.09 Å². The highest BCUT2D eigenvalue weighted by Gasteiger charge is 2.32. The molecule has 8 heteroatoms. The molecule has 1 aromatic heterocycles. The van der Waals surface area contributed by atoms with Gasteiger partial charge in [-0.05, 0) is 38.5 Å². The third-order valence-electron chi connectivity index (χ3n) is 4.00. The van der Waals surface area contributed by atoms with Crippen molar-refractivity contribution in [3.63, 3.8) is 0 Å². The molecule has 0 saturated carbocycles. The Labute approximate surface area is 163 Å². The van der Waals surface area contributed by atoms with Crippen molar-refractivity contribution in [2.24, 2.45) is 0 Å². The quantitative estimate of drug-likeness (QED) is 0.552. The maximum atomic E-state index is 12.1. The molecule has 146 valence electrons. The standard InChI is InChI=1S/C20H23N5O3/c1-20(2,3)28-19(26)24-15-9-13-10-17(27-14-7-5-4-6-8-14)23-11-16(13)25(12-21)18(15)22/h4-8,10-12,15,21-22H,9H2,1-3H3,(H,24,26). The van der Waals surface area contributed by atoms with Gasteiger partial charge in [0.2, 0.25) is 5.88 Å². The maximum absolute atomic E-state index is 12.1. The van der Waals surface area contributed by atoms with E-state index in [9.17, 15) is 4.79 Å². The van der Waals surface area contributed by atoms with Crippen LogP contribution in [0.3, 0.4) is 0 Å². The smallest absolute Gasteiger partial charge is 0.408 e. The topological polar surface area (TPSA) is 111 Å². The van der Waals surface area contributed by atoms with Crippen molar-refractivity contribution >= 4 is 24.0 Å². The summed E-state index contributed by atoms with van der Waals surface area (Å²) in [7, 11) is 0. The number of nitrogens with one attached hydrogen (secondary N) is 3. The molecule has 1 atom stereocenters. The Morgan fingerprint density at radius 2 is 2.04 bits per heavy atom. The van der Waals surface area contributed by atoms with Gasteiger partial charge in [0.25, 0.3) is 0 Å². The second kappa shape index (κ2) is 7.67. The normalized spacial score (nSPS) is 16.2. The fraction of sp³-hybridized carbons (Fsp3) is 0.300. The van der Waals surface area contributed by atoms with Crippen LogP contribution in [0.5, 0.6) is 11.6 Å². The van der Waals surface area contributed by atoms with Crippen LogP contribution < -0.4 is 15.0 Å². The second-order valence-corrected chi connectivity index (χ2v) is 7.35. The lowest BCUT2D eigenvalue weighted by Gasteiger charge is -2.34. The summed E-state index contributed by atoms with van der Waals surface area (Å²) in [5, 5.41) is 18.7. The lowest BCUT2D eigenvalue weighted by molar-refractivity contribution is 0.0517. The summed E-state index contributed by atoms with van der Waals surface area (Å²) in [6.07, 6.45) is 2.36. The third-order valence-corrected chi connectivity index (χ3v) is 4.00. The van der Waals surface area contributed by atoms with E-state index in [1.165, 1.54) is 4.90 Å². The van der Waals surface area contributed by atoms with Crippen LogP contribution in [0.25, 0.3) is 0 Å². The number of anilines is 1. The summed E-state index contributed by atoms with van der Waals surface area (Å²) in [5.41, 5.74) is 0.782. The van der Waals surface area contributed by atoms with E-state index in [-0.39, 0.29) is 5.84 Å². The van der Waals surface area contributed by atoms with Gasteiger partial charge in [-0.2, -0.15) is 0 Å². The van der Waals surface area contributed by atoms with Gasteiger partial charge < -0.3 is 14.8 Å². The summed E-state index contributed by atoms with van der Waals surface area (Å²) in [6, 6.07) is 10.4. The number of rotatable bonds is 4. The predicted molar refractivity (Wildman–Crippen MR) is 107 cm³/mol. The molecule has 8 nitrogen and oxygen atoms in total. The van der Waals surface area contributed by atoms with Gasteiger partial charge in [0.1, 0.15) is 17.2 Å². The number of amides is 1. The highest BCUT2D eigenvalue weighted by molar-refractivity contribution is 6.14. The molecule has 1 aliphatic rings. The minimum atomic E-state index is -0.638. The molecule has 3 N–H and O–H groups in total. The van der Waals surface area contributed by atoms with E-state index in [0.717, 1.165) is 11.9 Å². The number of para-hydroxylation sites is 1. The molecule has 0 saturated heterocycles. The van der Waals surface area contributed by atoms with Crippen LogP contribution in [0.2, 0.25) is 0 Å². The first-order chi connectivity index (χ1) is 13.3. The summed E-state index contributed by atoms with van der Waals surface area (Å²) < 4.78 is 11.1. The predicted octanol–water partition coefficient (Wildman–Crippen LogP) is 3.71. The van der Waals surface area contributed by atoms with Crippen LogP contribution in [0.1, 0.15) is 26.3 Å². The average Bonchev–Trinajstić information content (AvgIpc) is 2.62. The van der Waals surface area contributed by atoms with Crippen molar-refractivity contribution in [2.75, 3.05) is 4.90 Å². The maximum Gasteiger partial charge on any atom is 0.408 e. The minimum Gasteiger partial charge on any atom is -0.444 e. The van der Waals surface area contributed by atoms with Gasteiger partial charge in [-0.1, -0.05) is 18.2 Å². The van der Waals surface area contributed by atoms with Crippen molar-refractivity contribution < 1.29 is 14.3 Å². The molecular formula is C20H23N5O3. The van der Waals surface area contributed by atoms with E-state index in [2.05, 4.69) is 10.3 Å². The summed E-state index contributed by atoms with van der Waals surface area (Å²) >= 11 is 0. The first-order valence-corrected chi connectivity index (χ1v) is 8.86. The number of pyridine rings is 1. The Balaban J connectivity index is 1.83. The van der Waals surface area contributed by atoms with E-state index >= 15 is 0 Å². The van der Waals surface area contributed by atoms with Crippen LogP contribution in [0.15, 0.2) is 42.6 Å². The van der Waals surface area contributed by atoms with Gasteiger partial charge in [-0.3, -0.25) is 15.7 Å². The van der Waals surface area contributed by atoms with Gasteiger partial charge in [-0.25, -0.2) is 9.78 Å². The number of amidine groups is 1. The fourth-order valence-electron chi connectivity index (χ4n) is 2.84. The van der Waals surface area contributed by atoms with Crippen molar-refractivity contribution in [3.8, 4) is 11.6 Å². The van der Waals surface area contributed by atoms with Crippen LogP contribution >= 0.6 is 0 Å². The molecule has 1 amide bonds. The molecule has 0 bridgehead atoms. The summed E-state index contributed by atoms with van der Waals surface area (Å²) in [6.45, 7) is 5.32. The Morgan fingerprint density at radius 3 is 2.68 bits per heavy atom. The summed E-state index contributed by atoms with van der Waals surface area (Å²) in [4.78, 5) is 17.8. The van der Waals surface area contributed by atoms with Crippen LogP contribution in [-0.2, 0) is 11.2 Å². The molecule has 1 aliphatic heterocycles. The SMILES string of the molecule is CC(C)(C)OC(=O)NC1Cc2cc(Oc3ccccc3)ncc2N(C=N)C1=N. The lowest BCUT2D eigenvalue weighted by Crippen LogP contribution is -2.53. The van der Waals surface area contributed by atoms with E-state index in [4.69, 9.17) is 20.3 Å². The third kappa shape index (κ3) is 4.46. The number of hydrogen-bond acceptors (Lipinski definition) is 6.